The molecule has 2 rings (SSSR count). The van der Waals surface area contributed by atoms with Crippen LogP contribution in [0.1, 0.15) is 17.2 Å². The van der Waals surface area contributed by atoms with Crippen LogP contribution in [0.25, 0.3) is 0 Å². The van der Waals surface area contributed by atoms with Crippen molar-refractivity contribution >= 4 is 59.1 Å². The maximum Gasteiger partial charge on any atom is 0.137 e. The van der Waals surface area contributed by atoms with E-state index in [-0.39, 0.29) is 11.9 Å². The molecule has 1 aromatic carbocycles. The minimum Gasteiger partial charge on any atom is -0.313 e. The second-order valence-corrected chi connectivity index (χ2v) is 8.58. The third kappa shape index (κ3) is 3.67. The molecule has 1 aromatic heterocycles. The largest absolute Gasteiger partial charge is 0.313 e. The molecular formula is C13H11Br3FNS. The van der Waals surface area contributed by atoms with Gasteiger partial charge in [-0.25, -0.2) is 4.39 Å². The molecule has 1 heterocycles. The normalized spacial score (nSPS) is 12.7. The van der Waals surface area contributed by atoms with Gasteiger partial charge in [0.2, 0.25) is 0 Å². The lowest BCUT2D eigenvalue weighted by Gasteiger charge is -2.17. The molecule has 0 fully saturated rings. The molecule has 2 aromatic rings. The summed E-state index contributed by atoms with van der Waals surface area (Å²) in [5.41, 5.74) is 2.13. The molecule has 0 aliphatic rings. The van der Waals surface area contributed by atoms with E-state index < -0.39 is 0 Å². The lowest BCUT2D eigenvalue weighted by Crippen LogP contribution is -2.19. The van der Waals surface area contributed by atoms with Crippen LogP contribution in [-0.4, -0.2) is 7.05 Å². The van der Waals surface area contributed by atoms with Crippen LogP contribution in [0.4, 0.5) is 4.39 Å². The third-order valence-electron chi connectivity index (χ3n) is 2.86. The molecule has 0 amide bonds. The van der Waals surface area contributed by atoms with Gasteiger partial charge in [-0.1, -0.05) is 12.1 Å². The van der Waals surface area contributed by atoms with Gasteiger partial charge >= 0.3 is 0 Å². The summed E-state index contributed by atoms with van der Waals surface area (Å²) in [6.07, 6.45) is 0.719. The Morgan fingerprint density at radius 2 is 2.05 bits per heavy atom. The first-order valence-electron chi connectivity index (χ1n) is 5.57. The summed E-state index contributed by atoms with van der Waals surface area (Å²) >= 11 is 12.0. The average molecular weight is 472 g/mol. The Balaban J connectivity index is 2.29. The highest BCUT2D eigenvalue weighted by molar-refractivity contribution is 9.12. The molecular weight excluding hydrogens is 461 g/mol. The predicted molar refractivity (Wildman–Crippen MR) is 89.3 cm³/mol. The topological polar surface area (TPSA) is 12.0 Å². The molecule has 19 heavy (non-hydrogen) atoms. The van der Waals surface area contributed by atoms with Crippen molar-refractivity contribution in [1.29, 1.82) is 0 Å². The van der Waals surface area contributed by atoms with Gasteiger partial charge in [0, 0.05) is 6.04 Å². The Kier molecular flexibility index (Phi) is 5.60. The quantitative estimate of drug-likeness (QED) is 0.605. The Bertz CT molecular complexity index is 585. The first kappa shape index (κ1) is 15.6. The average Bonchev–Trinajstić information content (AvgIpc) is 2.70. The van der Waals surface area contributed by atoms with E-state index in [1.165, 1.54) is 11.6 Å². The molecule has 0 bridgehead atoms. The van der Waals surface area contributed by atoms with Crippen molar-refractivity contribution in [2.75, 3.05) is 7.05 Å². The van der Waals surface area contributed by atoms with Crippen molar-refractivity contribution in [1.82, 2.24) is 5.32 Å². The van der Waals surface area contributed by atoms with Gasteiger partial charge in [-0.15, -0.1) is 11.3 Å². The van der Waals surface area contributed by atoms with E-state index >= 15 is 0 Å². The fourth-order valence-electron chi connectivity index (χ4n) is 1.88. The van der Waals surface area contributed by atoms with E-state index in [4.69, 9.17) is 0 Å². The van der Waals surface area contributed by atoms with Crippen LogP contribution < -0.4 is 5.32 Å². The van der Waals surface area contributed by atoms with Gasteiger partial charge in [-0.3, -0.25) is 0 Å². The van der Waals surface area contributed by atoms with Gasteiger partial charge in [-0.05, 0) is 84.5 Å². The number of rotatable bonds is 4. The highest BCUT2D eigenvalue weighted by Crippen LogP contribution is 2.37. The number of likely N-dealkylation sites (N-methyl/N-ethyl adjacent to an activating group) is 1. The van der Waals surface area contributed by atoms with E-state index in [9.17, 15) is 4.39 Å². The minimum atomic E-state index is -0.224. The van der Waals surface area contributed by atoms with Gasteiger partial charge in [0.15, 0.2) is 0 Å². The van der Waals surface area contributed by atoms with Crippen molar-refractivity contribution < 1.29 is 4.39 Å². The van der Waals surface area contributed by atoms with Crippen molar-refractivity contribution in [2.24, 2.45) is 0 Å². The van der Waals surface area contributed by atoms with E-state index in [1.807, 2.05) is 13.1 Å². The van der Waals surface area contributed by atoms with Crippen molar-refractivity contribution in [3.63, 3.8) is 0 Å². The number of hydrogen-bond donors (Lipinski definition) is 1. The van der Waals surface area contributed by atoms with Crippen LogP contribution in [-0.2, 0) is 6.42 Å². The van der Waals surface area contributed by atoms with Gasteiger partial charge in [-0.2, -0.15) is 0 Å². The maximum absolute atomic E-state index is 13.5. The molecule has 0 saturated heterocycles. The minimum absolute atomic E-state index is 0.134. The van der Waals surface area contributed by atoms with Crippen LogP contribution >= 0.6 is 59.1 Å². The SMILES string of the molecule is CNC(Cc1cccc(F)c1Br)c1cc(Br)sc1Br. The van der Waals surface area contributed by atoms with E-state index in [2.05, 4.69) is 59.2 Å². The molecule has 6 heteroatoms. The van der Waals surface area contributed by atoms with Crippen LogP contribution in [0, 0.1) is 5.82 Å². The van der Waals surface area contributed by atoms with Crippen molar-refractivity contribution in [2.45, 2.75) is 12.5 Å². The Morgan fingerprint density at radius 3 is 2.63 bits per heavy atom. The number of hydrogen-bond acceptors (Lipinski definition) is 2. The van der Waals surface area contributed by atoms with E-state index in [0.717, 1.165) is 19.6 Å². The maximum atomic E-state index is 13.5. The fraction of sp³-hybridized carbons (Fsp3) is 0.231. The van der Waals surface area contributed by atoms with Gasteiger partial charge < -0.3 is 5.32 Å². The lowest BCUT2D eigenvalue weighted by atomic mass is 10.0. The summed E-state index contributed by atoms with van der Waals surface area (Å²) < 4.78 is 16.2. The van der Waals surface area contributed by atoms with Crippen LogP contribution in [0.5, 0.6) is 0 Å². The summed E-state index contributed by atoms with van der Waals surface area (Å²) in [5, 5.41) is 3.28. The van der Waals surface area contributed by atoms with Crippen LogP contribution in [0.15, 0.2) is 36.3 Å². The predicted octanol–water partition coefficient (Wildman–Crippen LogP) is 5.68. The van der Waals surface area contributed by atoms with Gasteiger partial charge in [0.1, 0.15) is 5.82 Å². The number of benzene rings is 1. The second-order valence-electron chi connectivity index (χ2n) is 4.04. The zero-order chi connectivity index (χ0) is 14.0. The summed E-state index contributed by atoms with van der Waals surface area (Å²) in [4.78, 5) is 0. The van der Waals surface area contributed by atoms with E-state index in [0.29, 0.717) is 4.47 Å². The summed E-state index contributed by atoms with van der Waals surface area (Å²) in [6.45, 7) is 0. The summed E-state index contributed by atoms with van der Waals surface area (Å²) in [5.74, 6) is -0.224. The molecule has 1 nitrogen and oxygen atoms in total. The zero-order valence-corrected chi connectivity index (χ0v) is 15.6. The molecule has 0 spiro atoms. The zero-order valence-electron chi connectivity index (χ0n) is 10.0. The van der Waals surface area contributed by atoms with Crippen LogP contribution in [0.3, 0.4) is 0 Å². The van der Waals surface area contributed by atoms with Gasteiger partial charge in [0.05, 0.1) is 12.0 Å². The number of thiophene rings is 1. The lowest BCUT2D eigenvalue weighted by molar-refractivity contribution is 0.580. The standard InChI is InChI=1S/C13H11Br3FNS/c1-18-10(8-6-11(14)19-13(8)16)5-7-3-2-4-9(17)12(7)15/h2-4,6,10,18H,5H2,1H3. The summed E-state index contributed by atoms with van der Waals surface area (Å²) in [7, 11) is 1.91. The van der Waals surface area contributed by atoms with Crippen LogP contribution in [0.2, 0.25) is 0 Å². The molecule has 1 N–H and O–H groups in total. The highest BCUT2D eigenvalue weighted by Gasteiger charge is 2.18. The second kappa shape index (κ2) is 6.80. The monoisotopic (exact) mass is 469 g/mol. The third-order valence-corrected chi connectivity index (χ3v) is 6.14. The van der Waals surface area contributed by atoms with Crippen molar-refractivity contribution in [3.05, 3.63) is 53.3 Å². The first-order chi connectivity index (χ1) is 9.02. The smallest absolute Gasteiger partial charge is 0.137 e. The molecule has 102 valence electrons. The van der Waals surface area contributed by atoms with Crippen molar-refractivity contribution in [3.8, 4) is 0 Å². The first-order valence-corrected chi connectivity index (χ1v) is 8.77. The number of nitrogens with one attached hydrogen (secondary N) is 1. The molecule has 1 unspecified atom stereocenters. The van der Waals surface area contributed by atoms with E-state index in [1.54, 1.807) is 17.4 Å². The summed E-state index contributed by atoms with van der Waals surface area (Å²) in [6, 6.07) is 7.35. The van der Waals surface area contributed by atoms with Gasteiger partial charge in [0.25, 0.3) is 0 Å². The fourth-order valence-corrected chi connectivity index (χ4v) is 5.28. The Morgan fingerprint density at radius 1 is 1.32 bits per heavy atom. The molecule has 0 saturated carbocycles. The highest BCUT2D eigenvalue weighted by atomic mass is 79.9. The number of halogens is 4. The molecule has 1 atom stereocenters. The Hall–Kier alpha value is 0.250. The molecule has 0 aliphatic heterocycles. The molecule has 0 aliphatic carbocycles. The Labute approximate surface area is 141 Å². The molecule has 0 radical (unpaired) electrons.